The first kappa shape index (κ1) is 20.6. The SMILES string of the molecule is Cc1c[c-]n(-c2ccccn2)n1.[Ir].[c-]1ccccc1-c1ccc2ccccc2n1. The number of pyridine rings is 2. The van der Waals surface area contributed by atoms with E-state index < -0.39 is 0 Å². The summed E-state index contributed by atoms with van der Waals surface area (Å²) in [7, 11) is 0. The van der Waals surface area contributed by atoms with Gasteiger partial charge in [-0.3, -0.25) is 10.1 Å². The Balaban J connectivity index is 0.000000167. The van der Waals surface area contributed by atoms with Crippen molar-refractivity contribution in [3.8, 4) is 17.1 Å². The molecule has 5 rings (SSSR count). The molecule has 0 aliphatic carbocycles. The van der Waals surface area contributed by atoms with Crippen LogP contribution in [0.25, 0.3) is 28.0 Å². The van der Waals surface area contributed by atoms with Crippen molar-refractivity contribution >= 4 is 10.9 Å². The van der Waals surface area contributed by atoms with E-state index in [1.165, 1.54) is 5.39 Å². The van der Waals surface area contributed by atoms with Gasteiger partial charge in [0.25, 0.3) is 0 Å². The van der Waals surface area contributed by atoms with Crippen LogP contribution < -0.4 is 0 Å². The second kappa shape index (κ2) is 9.87. The minimum atomic E-state index is 0. The molecule has 0 saturated carbocycles. The van der Waals surface area contributed by atoms with E-state index in [1.54, 1.807) is 10.9 Å². The van der Waals surface area contributed by atoms with Crippen molar-refractivity contribution < 1.29 is 20.1 Å². The van der Waals surface area contributed by atoms with E-state index in [2.05, 4.69) is 39.5 Å². The normalized spacial score (nSPS) is 9.97. The number of aromatic nitrogens is 4. The molecule has 0 bridgehead atoms. The monoisotopic (exact) mass is 555 g/mol. The summed E-state index contributed by atoms with van der Waals surface area (Å²) >= 11 is 0. The quantitative estimate of drug-likeness (QED) is 0.286. The molecule has 0 aliphatic heterocycles. The van der Waals surface area contributed by atoms with Gasteiger partial charge in [-0.05, 0) is 28.9 Å². The van der Waals surface area contributed by atoms with Gasteiger partial charge in [-0.15, -0.1) is 42.0 Å². The topological polar surface area (TPSA) is 43.6 Å². The molecule has 3 aromatic heterocycles. The van der Waals surface area contributed by atoms with Gasteiger partial charge in [0.2, 0.25) is 0 Å². The predicted octanol–water partition coefficient (Wildman–Crippen LogP) is 5.08. The van der Waals surface area contributed by atoms with Crippen LogP contribution in [0, 0.1) is 19.2 Å². The molecule has 0 aliphatic rings. The van der Waals surface area contributed by atoms with Crippen molar-refractivity contribution in [1.29, 1.82) is 0 Å². The minimum absolute atomic E-state index is 0. The van der Waals surface area contributed by atoms with E-state index in [0.29, 0.717) is 0 Å². The summed E-state index contributed by atoms with van der Waals surface area (Å²) in [5, 5.41) is 5.35. The van der Waals surface area contributed by atoms with Crippen molar-refractivity contribution in [1.82, 2.24) is 19.7 Å². The molecule has 5 aromatic rings. The summed E-state index contributed by atoms with van der Waals surface area (Å²) < 4.78 is 1.63. The van der Waals surface area contributed by atoms with Crippen LogP contribution in [0.1, 0.15) is 5.69 Å². The van der Waals surface area contributed by atoms with Crippen LogP contribution in [0.5, 0.6) is 0 Å². The molecule has 3 heterocycles. The third kappa shape index (κ3) is 5.23. The van der Waals surface area contributed by atoms with Crippen molar-refractivity contribution in [2.24, 2.45) is 0 Å². The number of benzene rings is 2. The van der Waals surface area contributed by atoms with Crippen molar-refractivity contribution in [2.45, 2.75) is 6.92 Å². The molecule has 0 fully saturated rings. The molecule has 0 spiro atoms. The summed E-state index contributed by atoms with van der Waals surface area (Å²) in [5.41, 5.74) is 3.98. The summed E-state index contributed by atoms with van der Waals surface area (Å²) in [6.07, 6.45) is 4.70. The number of aryl methyl sites for hydroxylation is 1. The zero-order chi connectivity index (χ0) is 19.2. The summed E-state index contributed by atoms with van der Waals surface area (Å²) in [6.45, 7) is 1.93. The zero-order valence-corrected chi connectivity index (χ0v) is 18.2. The zero-order valence-electron chi connectivity index (χ0n) is 15.8. The number of nitrogens with zero attached hydrogens (tertiary/aromatic N) is 4. The first-order chi connectivity index (χ1) is 13.8. The van der Waals surface area contributed by atoms with Crippen molar-refractivity contribution in [3.63, 3.8) is 0 Å². The Bertz CT molecular complexity index is 1170. The fraction of sp³-hybridized carbons (Fsp3) is 0.0417. The van der Waals surface area contributed by atoms with Gasteiger partial charge in [-0.25, -0.2) is 0 Å². The van der Waals surface area contributed by atoms with Gasteiger partial charge in [0, 0.05) is 26.3 Å². The fourth-order valence-corrected chi connectivity index (χ4v) is 2.74. The number of fused-ring (bicyclic) bond motifs is 1. The van der Waals surface area contributed by atoms with E-state index in [1.807, 2.05) is 79.7 Å². The molecule has 4 nitrogen and oxygen atoms in total. The molecule has 29 heavy (non-hydrogen) atoms. The van der Waals surface area contributed by atoms with Crippen LogP contribution in [0.4, 0.5) is 0 Å². The molecular weight excluding hydrogens is 537 g/mol. The standard InChI is InChI=1S/C15H10N.C9H8N3.Ir/c1-2-6-12(7-3-1)15-11-10-13-8-4-5-9-14(13)16-15;1-8-5-7-12(11-8)9-4-2-3-6-10-9;/h1-6,8-11H;2-6H,1H3;/q2*-1;. The van der Waals surface area contributed by atoms with Gasteiger partial charge in [0.05, 0.1) is 11.3 Å². The maximum atomic E-state index is 4.61. The van der Waals surface area contributed by atoms with E-state index in [-0.39, 0.29) is 20.1 Å². The number of rotatable bonds is 2. The molecule has 0 saturated heterocycles. The third-order valence-electron chi connectivity index (χ3n) is 4.10. The van der Waals surface area contributed by atoms with Gasteiger partial charge in [0.15, 0.2) is 0 Å². The average molecular weight is 555 g/mol. The molecule has 5 heteroatoms. The molecule has 1 radical (unpaired) electrons. The molecule has 0 amide bonds. The van der Waals surface area contributed by atoms with Gasteiger partial charge in [0.1, 0.15) is 0 Å². The Kier molecular flexibility index (Phi) is 7.01. The Morgan fingerprint density at radius 3 is 2.41 bits per heavy atom. The summed E-state index contributed by atoms with van der Waals surface area (Å²) in [4.78, 5) is 8.75. The maximum absolute atomic E-state index is 4.61. The van der Waals surface area contributed by atoms with Gasteiger partial charge < -0.3 is 9.67 Å². The summed E-state index contributed by atoms with van der Waals surface area (Å²) in [6, 6.07) is 30.9. The molecule has 2 aromatic carbocycles. The Hall–Kier alpha value is -3.14. The molecular formula is C24H18IrN4-2. The second-order valence-corrected chi connectivity index (χ2v) is 6.18. The van der Waals surface area contributed by atoms with Crippen LogP contribution >= 0.6 is 0 Å². The maximum Gasteiger partial charge on any atom is 0.0595 e. The first-order valence-corrected chi connectivity index (χ1v) is 8.98. The van der Waals surface area contributed by atoms with E-state index in [9.17, 15) is 0 Å². The predicted molar refractivity (Wildman–Crippen MR) is 111 cm³/mol. The first-order valence-electron chi connectivity index (χ1n) is 8.98. The van der Waals surface area contributed by atoms with Crippen LogP contribution in [0.3, 0.4) is 0 Å². The largest absolute Gasteiger partial charge is 0.343 e. The van der Waals surface area contributed by atoms with Crippen LogP contribution in [0.2, 0.25) is 0 Å². The Labute approximate surface area is 183 Å². The fourth-order valence-electron chi connectivity index (χ4n) is 2.74. The van der Waals surface area contributed by atoms with E-state index in [4.69, 9.17) is 0 Å². The summed E-state index contributed by atoms with van der Waals surface area (Å²) in [5.74, 6) is 0.797. The van der Waals surface area contributed by atoms with Crippen LogP contribution in [0.15, 0.2) is 91.1 Å². The Morgan fingerprint density at radius 1 is 0.862 bits per heavy atom. The molecule has 145 valence electrons. The van der Waals surface area contributed by atoms with E-state index >= 15 is 0 Å². The van der Waals surface area contributed by atoms with Crippen molar-refractivity contribution in [3.05, 3.63) is 109 Å². The smallest absolute Gasteiger partial charge is 0.0595 e. The number of hydrogen-bond donors (Lipinski definition) is 0. The average Bonchev–Trinajstić information content (AvgIpc) is 3.21. The second-order valence-electron chi connectivity index (χ2n) is 6.18. The van der Waals surface area contributed by atoms with Gasteiger partial charge in [-0.1, -0.05) is 55.6 Å². The molecule has 0 unspecified atom stereocenters. The molecule has 0 atom stereocenters. The van der Waals surface area contributed by atoms with Crippen molar-refractivity contribution in [2.75, 3.05) is 0 Å². The Morgan fingerprint density at radius 2 is 1.69 bits per heavy atom. The van der Waals surface area contributed by atoms with Gasteiger partial charge >= 0.3 is 0 Å². The van der Waals surface area contributed by atoms with Gasteiger partial charge in [-0.2, -0.15) is 0 Å². The number of para-hydroxylation sites is 1. The third-order valence-corrected chi connectivity index (χ3v) is 4.10. The number of hydrogen-bond acceptors (Lipinski definition) is 3. The molecule has 0 N–H and O–H groups in total. The van der Waals surface area contributed by atoms with E-state index in [0.717, 1.165) is 28.3 Å². The van der Waals surface area contributed by atoms with Crippen LogP contribution in [-0.4, -0.2) is 19.7 Å². The van der Waals surface area contributed by atoms with Crippen LogP contribution in [-0.2, 0) is 20.1 Å². The minimum Gasteiger partial charge on any atom is -0.343 e.